The molecule has 1 amide bonds. The van der Waals surface area contributed by atoms with Crippen molar-refractivity contribution in [1.29, 1.82) is 0 Å². The molecular formula is C62H119NO13. The number of rotatable bonds is 52. The minimum Gasteiger partial charge on any atom is -0.394 e. The highest BCUT2D eigenvalue weighted by Crippen LogP contribution is 2.30. The Hall–Kier alpha value is -1.27. The topological polar surface area (TPSA) is 228 Å². The molecule has 9 N–H and O–H groups in total. The molecule has 76 heavy (non-hydrogen) atoms. The number of nitrogens with one attached hydrogen (secondary N) is 1. The molecule has 0 aromatic heterocycles. The molecule has 2 rings (SSSR count). The summed E-state index contributed by atoms with van der Waals surface area (Å²) in [5.41, 5.74) is 0. The molecule has 2 saturated heterocycles. The molecule has 0 bridgehead atoms. The molecule has 2 aliphatic rings. The average molecular weight is 1090 g/mol. The van der Waals surface area contributed by atoms with E-state index in [1.54, 1.807) is 6.08 Å². The average Bonchev–Trinajstić information content (AvgIpc) is 3.42. The summed E-state index contributed by atoms with van der Waals surface area (Å²) in [6.07, 6.45) is 40.0. The van der Waals surface area contributed by atoms with Crippen molar-refractivity contribution in [2.45, 2.75) is 357 Å². The van der Waals surface area contributed by atoms with E-state index in [1.165, 1.54) is 218 Å². The fraction of sp³-hybridized carbons (Fsp3) is 0.952. The zero-order chi connectivity index (χ0) is 55.3. The monoisotopic (exact) mass is 1090 g/mol. The van der Waals surface area contributed by atoms with Gasteiger partial charge < -0.3 is 65.1 Å². The molecule has 0 aromatic carbocycles. The Kier molecular flexibility index (Phi) is 45.1. The van der Waals surface area contributed by atoms with E-state index in [2.05, 4.69) is 19.2 Å². The zero-order valence-corrected chi connectivity index (χ0v) is 48.5. The standard InChI is InChI=1S/C62H119NO13/c1-3-5-7-9-11-13-15-16-17-18-19-20-21-22-23-24-25-26-27-28-29-30-31-32-33-34-36-38-40-42-44-46-54(67)63-50(51(66)45-43-41-39-37-35-14-12-10-8-6-4-2)49-73-61-59(72)57(70)60(53(48-65)75-61)76-62-58(71)56(69)55(68)52(47-64)74-62/h43,45,50-53,55-62,64-66,68-72H,3-42,44,46-49H2,1-2H3,(H,63,67)/b45-43+/t50-,51+,52+,53+,55-,56?,57?,58?,59?,60+,61+,62-/m0/s1. The number of hydrogen-bond donors (Lipinski definition) is 9. The Morgan fingerprint density at radius 3 is 1.21 bits per heavy atom. The maximum atomic E-state index is 13.2. The van der Waals surface area contributed by atoms with Gasteiger partial charge in [-0.15, -0.1) is 0 Å². The highest BCUT2D eigenvalue weighted by molar-refractivity contribution is 5.76. The second-order valence-corrected chi connectivity index (χ2v) is 22.9. The summed E-state index contributed by atoms with van der Waals surface area (Å²) in [5.74, 6) is -0.234. The van der Waals surface area contributed by atoms with Crippen LogP contribution in [0.15, 0.2) is 12.2 Å². The van der Waals surface area contributed by atoms with Crippen LogP contribution in [0.25, 0.3) is 0 Å². The van der Waals surface area contributed by atoms with Gasteiger partial charge in [0.05, 0.1) is 32.0 Å². The van der Waals surface area contributed by atoms with Gasteiger partial charge in [0.2, 0.25) is 5.91 Å². The molecule has 4 unspecified atom stereocenters. The Bertz CT molecular complexity index is 1330. The van der Waals surface area contributed by atoms with Gasteiger partial charge in [0.25, 0.3) is 0 Å². The molecule has 12 atom stereocenters. The van der Waals surface area contributed by atoms with Crippen molar-refractivity contribution >= 4 is 5.91 Å². The van der Waals surface area contributed by atoms with Gasteiger partial charge in [-0.2, -0.15) is 0 Å². The number of carbonyl (C=O) groups is 1. The Morgan fingerprint density at radius 2 is 0.816 bits per heavy atom. The third-order valence-corrected chi connectivity index (χ3v) is 16.0. The lowest BCUT2D eigenvalue weighted by Crippen LogP contribution is -2.65. The van der Waals surface area contributed by atoms with Crippen LogP contribution in [0.3, 0.4) is 0 Å². The summed E-state index contributed by atoms with van der Waals surface area (Å²) >= 11 is 0. The van der Waals surface area contributed by atoms with Crippen LogP contribution in [0.2, 0.25) is 0 Å². The van der Waals surface area contributed by atoms with Crippen molar-refractivity contribution in [3.05, 3.63) is 12.2 Å². The first kappa shape index (κ1) is 70.8. The molecule has 14 heteroatoms. The van der Waals surface area contributed by atoms with Gasteiger partial charge in [-0.05, 0) is 19.3 Å². The van der Waals surface area contributed by atoms with Crippen molar-refractivity contribution in [2.75, 3.05) is 19.8 Å². The largest absolute Gasteiger partial charge is 0.394 e. The van der Waals surface area contributed by atoms with Crippen LogP contribution in [-0.4, -0.2) is 140 Å². The van der Waals surface area contributed by atoms with Gasteiger partial charge in [-0.3, -0.25) is 4.79 Å². The number of hydrogen-bond acceptors (Lipinski definition) is 13. The molecule has 2 aliphatic heterocycles. The minimum absolute atomic E-state index is 0.234. The predicted octanol–water partition coefficient (Wildman–Crippen LogP) is 11.5. The highest BCUT2D eigenvalue weighted by atomic mass is 16.7. The number of allylic oxidation sites excluding steroid dienone is 1. The minimum atomic E-state index is -1.78. The summed E-state index contributed by atoms with van der Waals surface area (Å²) in [5, 5.41) is 87.0. The second kappa shape index (κ2) is 48.4. The number of aliphatic hydroxyl groups is 8. The van der Waals surface area contributed by atoms with Crippen molar-refractivity contribution in [3.8, 4) is 0 Å². The SMILES string of the molecule is CCCCCCCCCCC/C=C/[C@@H](O)[C@H](CO[C@@H]1O[C@H](CO)[C@@H](O[C@@H]2O[C@H](CO)[C@H](O)C(O)C2O)C(O)C1O)NC(=O)CCCCCCCCCCCCCCCCCCCCCCCCCCCCCCCCC. The van der Waals surface area contributed by atoms with Gasteiger partial charge in [0.15, 0.2) is 12.6 Å². The zero-order valence-electron chi connectivity index (χ0n) is 48.5. The number of carbonyl (C=O) groups excluding carboxylic acids is 1. The molecule has 2 fully saturated rings. The number of amides is 1. The van der Waals surface area contributed by atoms with Crippen LogP contribution in [0, 0.1) is 0 Å². The Morgan fingerprint density at radius 1 is 0.461 bits per heavy atom. The van der Waals surface area contributed by atoms with Crippen molar-refractivity contribution in [1.82, 2.24) is 5.32 Å². The normalized spacial score (nSPS) is 24.9. The summed E-state index contributed by atoms with van der Waals surface area (Å²) < 4.78 is 22.8. The third-order valence-electron chi connectivity index (χ3n) is 16.0. The first-order valence-corrected chi connectivity index (χ1v) is 31.9. The third kappa shape index (κ3) is 33.5. The Labute approximate surface area is 463 Å². The molecular weight excluding hydrogens is 967 g/mol. The maximum Gasteiger partial charge on any atom is 0.220 e. The van der Waals surface area contributed by atoms with E-state index in [-0.39, 0.29) is 18.9 Å². The van der Waals surface area contributed by atoms with Gasteiger partial charge in [-0.25, -0.2) is 0 Å². The van der Waals surface area contributed by atoms with Crippen LogP contribution >= 0.6 is 0 Å². The molecule has 14 nitrogen and oxygen atoms in total. The quantitative estimate of drug-likeness (QED) is 0.0204. The summed E-state index contributed by atoms with van der Waals surface area (Å²) in [4.78, 5) is 13.2. The first-order chi connectivity index (χ1) is 37.1. The molecule has 2 heterocycles. The van der Waals surface area contributed by atoms with E-state index in [4.69, 9.17) is 18.9 Å². The molecule has 0 aromatic rings. The van der Waals surface area contributed by atoms with E-state index in [9.17, 15) is 45.6 Å². The lowest BCUT2D eigenvalue weighted by molar-refractivity contribution is -0.359. The lowest BCUT2D eigenvalue weighted by Gasteiger charge is -2.46. The summed E-state index contributed by atoms with van der Waals surface area (Å²) in [6, 6.07) is -0.908. The Balaban J connectivity index is 1.61. The first-order valence-electron chi connectivity index (χ1n) is 31.9. The summed E-state index contributed by atoms with van der Waals surface area (Å²) in [7, 11) is 0. The fourth-order valence-corrected chi connectivity index (χ4v) is 10.8. The van der Waals surface area contributed by atoms with Crippen LogP contribution in [-0.2, 0) is 23.7 Å². The molecule has 0 spiro atoms. The van der Waals surface area contributed by atoms with Crippen molar-refractivity contribution in [3.63, 3.8) is 0 Å². The van der Waals surface area contributed by atoms with Gasteiger partial charge in [-0.1, -0.05) is 270 Å². The number of aliphatic hydroxyl groups excluding tert-OH is 8. The second-order valence-electron chi connectivity index (χ2n) is 22.9. The highest BCUT2D eigenvalue weighted by Gasteiger charge is 2.51. The maximum absolute atomic E-state index is 13.2. The number of unbranched alkanes of at least 4 members (excludes halogenated alkanes) is 39. The van der Waals surface area contributed by atoms with E-state index in [0.717, 1.165) is 38.5 Å². The predicted molar refractivity (Wildman–Crippen MR) is 305 cm³/mol. The van der Waals surface area contributed by atoms with E-state index in [1.807, 2.05) is 6.08 Å². The van der Waals surface area contributed by atoms with Gasteiger partial charge in [0.1, 0.15) is 48.8 Å². The van der Waals surface area contributed by atoms with Crippen LogP contribution < -0.4 is 5.32 Å². The lowest BCUT2D eigenvalue weighted by atomic mass is 9.97. The number of ether oxygens (including phenoxy) is 4. The van der Waals surface area contributed by atoms with Crippen molar-refractivity contribution in [2.24, 2.45) is 0 Å². The molecule has 0 aliphatic carbocycles. The van der Waals surface area contributed by atoms with Crippen LogP contribution in [0.4, 0.5) is 0 Å². The van der Waals surface area contributed by atoms with Gasteiger partial charge in [0, 0.05) is 6.42 Å². The van der Waals surface area contributed by atoms with E-state index < -0.39 is 86.8 Å². The van der Waals surface area contributed by atoms with Crippen LogP contribution in [0.1, 0.15) is 284 Å². The molecule has 0 saturated carbocycles. The summed E-state index contributed by atoms with van der Waals surface area (Å²) in [6.45, 7) is 2.81. The smallest absolute Gasteiger partial charge is 0.220 e. The van der Waals surface area contributed by atoms with Crippen LogP contribution in [0.5, 0.6) is 0 Å². The van der Waals surface area contributed by atoms with Crippen molar-refractivity contribution < 1.29 is 64.6 Å². The van der Waals surface area contributed by atoms with E-state index >= 15 is 0 Å². The fourth-order valence-electron chi connectivity index (χ4n) is 10.8. The molecule has 450 valence electrons. The van der Waals surface area contributed by atoms with E-state index in [0.29, 0.717) is 6.42 Å². The molecule has 0 radical (unpaired) electrons. The van der Waals surface area contributed by atoms with Gasteiger partial charge >= 0.3 is 0 Å².